The third kappa shape index (κ3) is 10.2. The van der Waals surface area contributed by atoms with Gasteiger partial charge in [-0.25, -0.2) is 0 Å². The second-order valence-corrected chi connectivity index (χ2v) is 7.11. The van der Waals surface area contributed by atoms with E-state index >= 15 is 0 Å². The number of hydrogen-bond acceptors (Lipinski definition) is 2. The maximum Gasteiger partial charge on any atom is 0 e. The van der Waals surface area contributed by atoms with Crippen molar-refractivity contribution in [3.63, 3.8) is 0 Å². The monoisotopic (exact) mass is 418 g/mol. The van der Waals surface area contributed by atoms with Crippen LogP contribution < -0.4 is 0 Å². The van der Waals surface area contributed by atoms with Crippen LogP contribution in [0.5, 0.6) is 0 Å². The summed E-state index contributed by atoms with van der Waals surface area (Å²) in [5.41, 5.74) is 0.0131. The summed E-state index contributed by atoms with van der Waals surface area (Å²) in [6, 6.07) is 0. The Balaban J connectivity index is -0.000000749. The molecule has 6 heteroatoms. The van der Waals surface area contributed by atoms with Crippen molar-refractivity contribution in [2.45, 2.75) is 65.1 Å². The van der Waals surface area contributed by atoms with Gasteiger partial charge in [0, 0.05) is 17.1 Å². The molecule has 0 unspecified atom stereocenters. The van der Waals surface area contributed by atoms with E-state index in [1.807, 2.05) is 6.08 Å². The van der Waals surface area contributed by atoms with Gasteiger partial charge in [0.25, 0.3) is 0 Å². The molecule has 0 aromatic carbocycles. The predicted molar refractivity (Wildman–Crippen MR) is 95.3 cm³/mol. The van der Waals surface area contributed by atoms with Crippen molar-refractivity contribution in [1.29, 1.82) is 0 Å². The number of rotatable bonds is 4. The van der Waals surface area contributed by atoms with Crippen molar-refractivity contribution >= 4 is 0 Å². The molecule has 0 N–H and O–H groups in total. The Hall–Kier alpha value is -1.02. The Kier molecular flexibility index (Phi) is 19.4. The van der Waals surface area contributed by atoms with Gasteiger partial charge in [0.15, 0.2) is 0 Å². The minimum Gasteiger partial charge on any atom is 0 e. The molecular weight excluding hydrogens is 388 g/mol. The van der Waals surface area contributed by atoms with Gasteiger partial charge >= 0.3 is 33.9 Å². The van der Waals surface area contributed by atoms with Crippen molar-refractivity contribution in [1.82, 2.24) is 0 Å². The minimum absolute atomic E-state index is 0. The summed E-state index contributed by atoms with van der Waals surface area (Å²) in [5.74, 6) is 3.07. The molecule has 0 aromatic rings. The van der Waals surface area contributed by atoms with Crippen LogP contribution in [0.4, 0.5) is 0 Å². The number of ether oxygens (including phenoxy) is 2. The topological polar surface area (TPSA) is 78.2 Å². The number of allylic oxidation sites excluding steroid dienone is 1. The fourth-order valence-electron chi connectivity index (χ4n) is 4.05. The summed E-state index contributed by atoms with van der Waals surface area (Å²) in [6.45, 7) is 22.9. The van der Waals surface area contributed by atoms with Gasteiger partial charge in [-0.15, -0.1) is 0 Å². The summed E-state index contributed by atoms with van der Waals surface area (Å²) >= 11 is 0. The largest absolute Gasteiger partial charge is 0 e. The Morgan fingerprint density at radius 1 is 1.11 bits per heavy atom. The molecule has 1 fully saturated rings. The van der Waals surface area contributed by atoms with Gasteiger partial charge in [-0.2, -0.15) is 0 Å². The van der Waals surface area contributed by atoms with Crippen LogP contribution in [-0.2, 0) is 40.5 Å². The normalized spacial score (nSPS) is 28.3. The summed E-state index contributed by atoms with van der Waals surface area (Å²) < 4.78 is 34.3. The minimum atomic E-state index is 0. The Morgan fingerprint density at radius 3 is 2.07 bits per heavy atom. The molecule has 5 nitrogen and oxygen atoms in total. The summed E-state index contributed by atoms with van der Waals surface area (Å²) in [7, 11) is 1.72. The summed E-state index contributed by atoms with van der Waals surface area (Å²) in [5, 5.41) is 0. The average molecular weight is 418 g/mol. The van der Waals surface area contributed by atoms with Gasteiger partial charge in [-0.3, -0.25) is 0 Å². The van der Waals surface area contributed by atoms with Crippen molar-refractivity contribution in [3.8, 4) is 0 Å². The first-order valence-corrected chi connectivity index (χ1v) is 8.66. The second-order valence-electron chi connectivity index (χ2n) is 7.11. The van der Waals surface area contributed by atoms with Gasteiger partial charge in [-0.1, -0.05) is 33.3 Å². The Morgan fingerprint density at radius 2 is 1.67 bits per heavy atom. The van der Waals surface area contributed by atoms with Gasteiger partial charge in [-0.05, 0) is 56.1 Å². The molecule has 1 saturated carbocycles. The van der Waals surface area contributed by atoms with E-state index in [0.29, 0.717) is 11.8 Å². The molecule has 0 bridgehead atoms. The molecule has 0 spiro atoms. The van der Waals surface area contributed by atoms with Crippen LogP contribution in [0.1, 0.15) is 53.4 Å². The van der Waals surface area contributed by atoms with E-state index in [2.05, 4.69) is 59.8 Å². The maximum atomic E-state index is 7.50. The number of hydrogen-bond donors (Lipinski definition) is 0. The molecule has 0 amide bonds. The van der Waals surface area contributed by atoms with Crippen LogP contribution >= 0.6 is 0 Å². The fourth-order valence-corrected chi connectivity index (χ4v) is 4.05. The zero-order valence-electron chi connectivity index (χ0n) is 16.8. The Bertz CT molecular complexity index is 492. The zero-order chi connectivity index (χ0) is 20.8. The predicted octanol–water partition coefficient (Wildman–Crippen LogP) is 4.60. The first-order chi connectivity index (χ1) is 12.4. The van der Waals surface area contributed by atoms with Crippen LogP contribution in [0, 0.1) is 37.7 Å². The first-order valence-electron chi connectivity index (χ1n) is 8.66. The van der Waals surface area contributed by atoms with E-state index in [0.717, 1.165) is 18.1 Å². The molecule has 2 aliphatic rings. The van der Waals surface area contributed by atoms with Crippen molar-refractivity contribution < 1.29 is 40.5 Å². The second kappa shape index (κ2) is 17.1. The molecule has 2 rings (SSSR count). The quantitative estimate of drug-likeness (QED) is 0.380. The molecule has 152 valence electrons. The molecule has 0 saturated heterocycles. The molecule has 2 aliphatic carbocycles. The molecule has 0 heterocycles. The van der Waals surface area contributed by atoms with Crippen LogP contribution in [0.25, 0.3) is 0 Å². The number of methoxy groups -OCH3 is 1. The van der Waals surface area contributed by atoms with Gasteiger partial charge in [0.2, 0.25) is 0 Å². The van der Waals surface area contributed by atoms with Crippen LogP contribution in [0.15, 0.2) is 24.0 Å². The maximum absolute atomic E-state index is 7.50. The van der Waals surface area contributed by atoms with E-state index in [9.17, 15) is 0 Å². The van der Waals surface area contributed by atoms with Gasteiger partial charge in [0.05, 0.1) is 18.8 Å². The van der Waals surface area contributed by atoms with Crippen LogP contribution in [-0.4, -0.2) is 18.8 Å². The standard InChI is InChI=1S/C18H30O2.3CO.Fe/c1-13(2)17-11-6-14(3)12-18(17,4)20-16-9-7-15(19-5)8-10-16;3*1-2;/h7-9,13-14,16-17H,6,10-12H2,1-5H3;;;;/t14-,16-,17+,18-;;;;/m1..../s1. The smallest absolute Gasteiger partial charge is 0 e. The van der Waals surface area contributed by atoms with Crippen molar-refractivity contribution in [3.05, 3.63) is 43.9 Å². The molecule has 4 atom stereocenters. The van der Waals surface area contributed by atoms with Gasteiger partial charge in [0.1, 0.15) is 5.76 Å². The molecule has 27 heavy (non-hydrogen) atoms. The fraction of sp³-hybridized carbons (Fsp3) is 0.667. The van der Waals surface area contributed by atoms with E-state index in [-0.39, 0.29) is 28.8 Å². The zero-order valence-corrected chi connectivity index (χ0v) is 17.9. The molecule has 0 radical (unpaired) electrons. The molecular formula is C21H30FeO5. The van der Waals surface area contributed by atoms with Crippen LogP contribution in [0.2, 0.25) is 0 Å². The summed E-state index contributed by atoms with van der Waals surface area (Å²) in [4.78, 5) is 0. The third-order valence-electron chi connectivity index (χ3n) is 5.00. The van der Waals surface area contributed by atoms with E-state index in [4.69, 9.17) is 23.4 Å². The van der Waals surface area contributed by atoms with Crippen LogP contribution in [0.3, 0.4) is 0 Å². The SMILES string of the molecule is COC1=CC[C@H](O[C@]2(C)C[C@H](C)CC[C@H]2C(C)C)C=C1.[C-]#[O+].[C-]#[O+].[C-]#[O+].[Fe]. The van der Waals surface area contributed by atoms with E-state index in [1.54, 1.807) is 7.11 Å². The van der Waals surface area contributed by atoms with Crippen molar-refractivity contribution in [2.24, 2.45) is 17.8 Å². The first kappa shape index (κ1) is 30.7. The third-order valence-corrected chi connectivity index (χ3v) is 5.00. The summed E-state index contributed by atoms with van der Waals surface area (Å²) in [6.07, 6.45) is 11.3. The molecule has 0 aromatic heterocycles. The Labute approximate surface area is 174 Å². The van der Waals surface area contributed by atoms with Gasteiger partial charge < -0.3 is 9.47 Å². The van der Waals surface area contributed by atoms with Crippen molar-refractivity contribution in [2.75, 3.05) is 7.11 Å². The van der Waals surface area contributed by atoms with E-state index < -0.39 is 0 Å². The molecule has 0 aliphatic heterocycles. The average Bonchev–Trinajstić information content (AvgIpc) is 2.66. The van der Waals surface area contributed by atoms with E-state index in [1.165, 1.54) is 19.3 Å².